The van der Waals surface area contributed by atoms with Gasteiger partial charge in [0, 0.05) is 34.5 Å². The number of aromatic nitrogens is 1. The molecular weight excluding hydrogens is 302 g/mol. The highest BCUT2D eigenvalue weighted by atomic mass is 79.9. The van der Waals surface area contributed by atoms with Gasteiger partial charge in [-0.25, -0.2) is 4.98 Å². The maximum absolute atomic E-state index is 5.87. The molecule has 0 saturated heterocycles. The monoisotopic (exact) mass is 317 g/mol. The van der Waals surface area contributed by atoms with E-state index in [1.807, 2.05) is 6.20 Å². The molecule has 4 heteroatoms. The van der Waals surface area contributed by atoms with Gasteiger partial charge >= 0.3 is 0 Å². The van der Waals surface area contributed by atoms with Crippen LogP contribution in [0, 0.1) is 0 Å². The Morgan fingerprint density at radius 2 is 2.21 bits per heavy atom. The third kappa shape index (κ3) is 2.15. The number of pyridine rings is 1. The summed E-state index contributed by atoms with van der Waals surface area (Å²) in [6.45, 7) is 2.72. The molecule has 2 heterocycles. The van der Waals surface area contributed by atoms with Gasteiger partial charge in [-0.05, 0) is 47.0 Å². The normalized spacial score (nSPS) is 17.6. The summed E-state index contributed by atoms with van der Waals surface area (Å²) < 4.78 is 0.969. The fourth-order valence-corrected chi connectivity index (χ4v) is 3.11. The van der Waals surface area contributed by atoms with Crippen LogP contribution in [0.4, 0.5) is 11.5 Å². The molecule has 3 rings (SSSR count). The molecule has 2 N–H and O–H groups in total. The molecule has 1 aliphatic heterocycles. The molecule has 1 aromatic carbocycles. The molecule has 1 unspecified atom stereocenters. The molecule has 0 bridgehead atoms. The second-order valence-electron chi connectivity index (χ2n) is 4.89. The van der Waals surface area contributed by atoms with Crippen LogP contribution in [0.1, 0.15) is 18.1 Å². The molecule has 0 radical (unpaired) electrons. The number of halogens is 1. The first-order valence-electron chi connectivity index (χ1n) is 6.42. The van der Waals surface area contributed by atoms with Crippen LogP contribution < -0.4 is 10.6 Å². The van der Waals surface area contributed by atoms with Gasteiger partial charge in [0.25, 0.3) is 0 Å². The van der Waals surface area contributed by atoms with Gasteiger partial charge in [-0.15, -0.1) is 0 Å². The standard InChI is InChI=1S/C15H16BrN3/c1-10-6-11-4-2-3-5-14(11)19(10)15-12(8-17)7-13(16)9-18-15/h2-5,7,9-10H,6,8,17H2,1H3. The van der Waals surface area contributed by atoms with Crippen LogP contribution in [0.5, 0.6) is 0 Å². The molecular formula is C15H16BrN3. The summed E-state index contributed by atoms with van der Waals surface area (Å²) in [5.74, 6) is 0.975. The summed E-state index contributed by atoms with van der Waals surface area (Å²) in [5.41, 5.74) is 9.56. The molecule has 3 nitrogen and oxygen atoms in total. The third-order valence-corrected chi connectivity index (χ3v) is 4.00. The van der Waals surface area contributed by atoms with Crippen molar-refractivity contribution in [1.82, 2.24) is 4.98 Å². The van der Waals surface area contributed by atoms with E-state index < -0.39 is 0 Å². The lowest BCUT2D eigenvalue weighted by Crippen LogP contribution is -2.26. The summed E-state index contributed by atoms with van der Waals surface area (Å²) >= 11 is 3.46. The molecule has 98 valence electrons. The zero-order valence-corrected chi connectivity index (χ0v) is 12.4. The molecule has 1 atom stereocenters. The number of fused-ring (bicyclic) bond motifs is 1. The predicted octanol–water partition coefficient (Wildman–Crippen LogP) is 3.39. The molecule has 2 aromatic rings. The first-order valence-corrected chi connectivity index (χ1v) is 7.21. The Balaban J connectivity index is 2.12. The Morgan fingerprint density at radius 3 is 3.00 bits per heavy atom. The van der Waals surface area contributed by atoms with Gasteiger partial charge < -0.3 is 10.6 Å². The summed E-state index contributed by atoms with van der Waals surface area (Å²) in [4.78, 5) is 6.88. The number of benzene rings is 1. The largest absolute Gasteiger partial charge is 0.326 e. The lowest BCUT2D eigenvalue weighted by atomic mass is 10.1. The first-order chi connectivity index (χ1) is 9.20. The smallest absolute Gasteiger partial charge is 0.137 e. The van der Waals surface area contributed by atoms with Crippen molar-refractivity contribution < 1.29 is 0 Å². The lowest BCUT2D eigenvalue weighted by Gasteiger charge is -2.26. The molecule has 1 aromatic heterocycles. The van der Waals surface area contributed by atoms with E-state index in [0.717, 1.165) is 22.3 Å². The average Bonchev–Trinajstić information content (AvgIpc) is 2.74. The van der Waals surface area contributed by atoms with Gasteiger partial charge in [0.1, 0.15) is 5.82 Å². The minimum absolute atomic E-state index is 0.413. The Hall–Kier alpha value is -1.39. The minimum atomic E-state index is 0.413. The molecule has 1 aliphatic rings. The zero-order chi connectivity index (χ0) is 13.4. The molecule has 0 spiro atoms. The lowest BCUT2D eigenvalue weighted by molar-refractivity contribution is 0.745. The van der Waals surface area contributed by atoms with Crippen molar-refractivity contribution >= 4 is 27.4 Å². The summed E-state index contributed by atoms with van der Waals surface area (Å²) in [6.07, 6.45) is 2.89. The van der Waals surface area contributed by atoms with Crippen LogP contribution >= 0.6 is 15.9 Å². The van der Waals surface area contributed by atoms with Gasteiger partial charge in [0.2, 0.25) is 0 Å². The highest BCUT2D eigenvalue weighted by molar-refractivity contribution is 9.10. The highest BCUT2D eigenvalue weighted by Gasteiger charge is 2.28. The summed E-state index contributed by atoms with van der Waals surface area (Å²) in [6, 6.07) is 11.0. The Morgan fingerprint density at radius 1 is 1.42 bits per heavy atom. The Bertz CT molecular complexity index is 612. The fourth-order valence-electron chi connectivity index (χ4n) is 2.73. The second-order valence-corrected chi connectivity index (χ2v) is 5.81. The van der Waals surface area contributed by atoms with Crippen LogP contribution in [0.3, 0.4) is 0 Å². The quantitative estimate of drug-likeness (QED) is 0.923. The van der Waals surface area contributed by atoms with Crippen LogP contribution in [0.2, 0.25) is 0 Å². The van der Waals surface area contributed by atoms with E-state index >= 15 is 0 Å². The topological polar surface area (TPSA) is 42.2 Å². The van der Waals surface area contributed by atoms with E-state index in [1.165, 1.54) is 11.3 Å². The predicted molar refractivity (Wildman–Crippen MR) is 81.6 cm³/mol. The average molecular weight is 318 g/mol. The van der Waals surface area contributed by atoms with E-state index in [4.69, 9.17) is 5.73 Å². The first kappa shape index (κ1) is 12.6. The van der Waals surface area contributed by atoms with E-state index in [1.54, 1.807) is 0 Å². The van der Waals surface area contributed by atoms with Gasteiger partial charge in [-0.1, -0.05) is 18.2 Å². The fraction of sp³-hybridized carbons (Fsp3) is 0.267. The van der Waals surface area contributed by atoms with E-state index in [-0.39, 0.29) is 0 Å². The molecule has 0 saturated carbocycles. The minimum Gasteiger partial charge on any atom is -0.326 e. The molecule has 19 heavy (non-hydrogen) atoms. The van der Waals surface area contributed by atoms with E-state index in [2.05, 4.69) is 63.1 Å². The van der Waals surface area contributed by atoms with Crippen LogP contribution in [0.15, 0.2) is 41.0 Å². The SMILES string of the molecule is CC1Cc2ccccc2N1c1ncc(Br)cc1CN. The van der Waals surface area contributed by atoms with Crippen molar-refractivity contribution in [3.05, 3.63) is 52.1 Å². The van der Waals surface area contributed by atoms with Gasteiger partial charge in [-0.3, -0.25) is 0 Å². The zero-order valence-electron chi connectivity index (χ0n) is 10.8. The number of para-hydroxylation sites is 1. The molecule has 0 aliphatic carbocycles. The highest BCUT2D eigenvalue weighted by Crippen LogP contribution is 2.38. The number of nitrogens with two attached hydrogens (primary N) is 1. The van der Waals surface area contributed by atoms with Crippen molar-refractivity contribution in [3.8, 4) is 0 Å². The summed E-state index contributed by atoms with van der Waals surface area (Å²) in [7, 11) is 0. The van der Waals surface area contributed by atoms with Crippen molar-refractivity contribution in [2.75, 3.05) is 4.90 Å². The van der Waals surface area contributed by atoms with Crippen molar-refractivity contribution in [2.24, 2.45) is 5.73 Å². The van der Waals surface area contributed by atoms with Gasteiger partial charge in [0.15, 0.2) is 0 Å². The van der Waals surface area contributed by atoms with Crippen LogP contribution in [-0.4, -0.2) is 11.0 Å². The summed E-state index contributed by atoms with van der Waals surface area (Å²) in [5, 5.41) is 0. The second kappa shape index (κ2) is 4.94. The van der Waals surface area contributed by atoms with E-state index in [9.17, 15) is 0 Å². The molecule has 0 fully saturated rings. The van der Waals surface area contributed by atoms with E-state index in [0.29, 0.717) is 12.6 Å². The number of anilines is 2. The van der Waals surface area contributed by atoms with Crippen LogP contribution in [0.25, 0.3) is 0 Å². The number of rotatable bonds is 2. The molecule has 0 amide bonds. The van der Waals surface area contributed by atoms with Crippen LogP contribution in [-0.2, 0) is 13.0 Å². The van der Waals surface area contributed by atoms with Crippen molar-refractivity contribution in [1.29, 1.82) is 0 Å². The van der Waals surface area contributed by atoms with Gasteiger partial charge in [-0.2, -0.15) is 0 Å². The number of hydrogen-bond donors (Lipinski definition) is 1. The van der Waals surface area contributed by atoms with Crippen molar-refractivity contribution in [3.63, 3.8) is 0 Å². The Labute approximate surface area is 121 Å². The maximum atomic E-state index is 5.87. The van der Waals surface area contributed by atoms with Gasteiger partial charge in [0.05, 0.1) is 0 Å². The van der Waals surface area contributed by atoms with Crippen molar-refractivity contribution in [2.45, 2.75) is 25.9 Å². The number of hydrogen-bond acceptors (Lipinski definition) is 3. The maximum Gasteiger partial charge on any atom is 0.137 e. The number of nitrogens with zero attached hydrogens (tertiary/aromatic N) is 2. The third-order valence-electron chi connectivity index (χ3n) is 3.56. The Kier molecular flexibility index (Phi) is 3.29.